The van der Waals surface area contributed by atoms with Crippen molar-refractivity contribution in [2.45, 2.75) is 26.2 Å². The van der Waals surface area contributed by atoms with E-state index in [4.69, 9.17) is 5.26 Å². The minimum atomic E-state index is -0.307. The molecule has 2 amide bonds. The zero-order valence-corrected chi connectivity index (χ0v) is 17.7. The number of amides is 2. The Bertz CT molecular complexity index is 964. The lowest BCUT2D eigenvalue weighted by atomic mass is 10.1. The fourth-order valence-electron chi connectivity index (χ4n) is 2.87. The summed E-state index contributed by atoms with van der Waals surface area (Å²) >= 11 is 0. The molecule has 0 spiro atoms. The molecule has 0 unspecified atom stereocenters. The van der Waals surface area contributed by atoms with Gasteiger partial charge in [-0.1, -0.05) is 6.92 Å². The van der Waals surface area contributed by atoms with Gasteiger partial charge in [0.1, 0.15) is 5.78 Å². The zero-order chi connectivity index (χ0) is 22.6. The summed E-state index contributed by atoms with van der Waals surface area (Å²) in [5, 5.41) is 20.3. The fraction of sp³-hybridized carbons (Fsp3) is 0.304. The second-order valence-corrected chi connectivity index (χ2v) is 6.90. The third-order valence-corrected chi connectivity index (χ3v) is 4.51. The van der Waals surface area contributed by atoms with Crippen LogP contribution in [0, 0.1) is 11.3 Å². The van der Waals surface area contributed by atoms with E-state index in [2.05, 4.69) is 21.3 Å². The molecule has 31 heavy (non-hydrogen) atoms. The van der Waals surface area contributed by atoms with E-state index in [1.807, 2.05) is 13.0 Å². The maximum atomic E-state index is 12.4. The van der Waals surface area contributed by atoms with Gasteiger partial charge in [-0.05, 0) is 48.9 Å². The Balaban J connectivity index is 1.95. The van der Waals surface area contributed by atoms with E-state index in [1.54, 1.807) is 49.5 Å². The molecule has 2 rings (SSSR count). The minimum Gasteiger partial charge on any atom is -0.386 e. The molecule has 0 saturated heterocycles. The lowest BCUT2D eigenvalue weighted by Crippen LogP contribution is -2.26. The summed E-state index contributed by atoms with van der Waals surface area (Å²) in [4.78, 5) is 36.4. The highest BCUT2D eigenvalue weighted by Gasteiger charge is 2.12. The van der Waals surface area contributed by atoms with Crippen LogP contribution >= 0.6 is 0 Å². The van der Waals surface area contributed by atoms with Crippen molar-refractivity contribution in [3.8, 4) is 6.07 Å². The number of hydrogen-bond donors (Lipinski definition) is 4. The first-order valence-electron chi connectivity index (χ1n) is 10.1. The number of carbonyl (C=O) groups is 3. The van der Waals surface area contributed by atoms with Gasteiger partial charge in [0.05, 0.1) is 29.6 Å². The Morgan fingerprint density at radius 1 is 1.00 bits per heavy atom. The van der Waals surface area contributed by atoms with Crippen molar-refractivity contribution < 1.29 is 14.4 Å². The van der Waals surface area contributed by atoms with Crippen molar-refractivity contribution in [1.82, 2.24) is 5.32 Å². The predicted octanol–water partition coefficient (Wildman–Crippen LogP) is 3.14. The molecule has 2 aromatic carbocycles. The third-order valence-electron chi connectivity index (χ3n) is 4.51. The van der Waals surface area contributed by atoms with Crippen molar-refractivity contribution >= 4 is 34.7 Å². The predicted molar refractivity (Wildman–Crippen MR) is 121 cm³/mol. The molecule has 0 fully saturated rings. The molecule has 2 aromatic rings. The van der Waals surface area contributed by atoms with Crippen LogP contribution in [0.15, 0.2) is 42.5 Å². The van der Waals surface area contributed by atoms with Crippen molar-refractivity contribution in [2.24, 2.45) is 0 Å². The number of nitrogens with zero attached hydrogens (tertiary/aromatic N) is 1. The second-order valence-electron chi connectivity index (χ2n) is 6.90. The number of benzene rings is 2. The first-order chi connectivity index (χ1) is 15.0. The normalized spacial score (nSPS) is 9.97. The summed E-state index contributed by atoms with van der Waals surface area (Å²) in [6, 6.07) is 13.8. The van der Waals surface area contributed by atoms with Gasteiger partial charge in [-0.25, -0.2) is 0 Å². The van der Waals surface area contributed by atoms with Crippen LogP contribution in [0.5, 0.6) is 0 Å². The van der Waals surface area contributed by atoms with Gasteiger partial charge in [0.15, 0.2) is 0 Å². The van der Waals surface area contributed by atoms with E-state index in [9.17, 15) is 14.4 Å². The highest BCUT2D eigenvalue weighted by molar-refractivity contribution is 6.01. The van der Waals surface area contributed by atoms with Gasteiger partial charge in [-0.3, -0.25) is 14.4 Å². The Labute approximate surface area is 182 Å². The number of nitriles is 1. The molecule has 0 saturated carbocycles. The molecule has 0 atom stereocenters. The molecule has 0 bridgehead atoms. The molecule has 0 aliphatic rings. The first-order valence-corrected chi connectivity index (χ1v) is 10.1. The summed E-state index contributed by atoms with van der Waals surface area (Å²) in [7, 11) is 1.72. The molecule has 4 N–H and O–H groups in total. The topological polar surface area (TPSA) is 123 Å². The second kappa shape index (κ2) is 12.0. The van der Waals surface area contributed by atoms with Gasteiger partial charge < -0.3 is 21.3 Å². The molecule has 8 nitrogen and oxygen atoms in total. The van der Waals surface area contributed by atoms with Crippen LogP contribution in [0.4, 0.5) is 17.1 Å². The molecular weight excluding hydrogens is 394 g/mol. The van der Waals surface area contributed by atoms with Crippen LogP contribution in [0.25, 0.3) is 0 Å². The highest BCUT2D eigenvalue weighted by atomic mass is 16.2. The molecule has 0 radical (unpaired) electrons. The average Bonchev–Trinajstić information content (AvgIpc) is 2.78. The SMILES string of the molecule is CCCC(=O)CCNC(=O)c1ccc(NC)c(NC(=O)CNc2ccc(C#N)cc2)c1. The Hall–Kier alpha value is -3.86. The van der Waals surface area contributed by atoms with Crippen LogP contribution in [0.2, 0.25) is 0 Å². The van der Waals surface area contributed by atoms with E-state index in [0.717, 1.165) is 6.42 Å². The van der Waals surface area contributed by atoms with E-state index >= 15 is 0 Å². The van der Waals surface area contributed by atoms with E-state index < -0.39 is 0 Å². The average molecular weight is 422 g/mol. The van der Waals surface area contributed by atoms with Gasteiger partial charge in [-0.2, -0.15) is 5.26 Å². The Morgan fingerprint density at radius 2 is 1.74 bits per heavy atom. The third kappa shape index (κ3) is 7.48. The zero-order valence-electron chi connectivity index (χ0n) is 17.7. The van der Waals surface area contributed by atoms with Crippen LogP contribution in [-0.2, 0) is 9.59 Å². The number of carbonyl (C=O) groups excluding carboxylic acids is 3. The number of hydrogen-bond acceptors (Lipinski definition) is 6. The van der Waals surface area contributed by atoms with E-state index in [0.29, 0.717) is 41.0 Å². The van der Waals surface area contributed by atoms with Crippen molar-refractivity contribution in [3.05, 3.63) is 53.6 Å². The van der Waals surface area contributed by atoms with Crippen molar-refractivity contribution in [1.29, 1.82) is 5.26 Å². The monoisotopic (exact) mass is 421 g/mol. The maximum absolute atomic E-state index is 12.4. The van der Waals surface area contributed by atoms with Gasteiger partial charge in [0.25, 0.3) is 5.91 Å². The number of anilines is 3. The van der Waals surface area contributed by atoms with Crippen molar-refractivity contribution in [2.75, 3.05) is 36.1 Å². The molecule has 8 heteroatoms. The lowest BCUT2D eigenvalue weighted by Gasteiger charge is -2.14. The molecular formula is C23H27N5O3. The quantitative estimate of drug-likeness (QED) is 0.442. The van der Waals surface area contributed by atoms with Crippen molar-refractivity contribution in [3.63, 3.8) is 0 Å². The minimum absolute atomic E-state index is 0.0189. The fourth-order valence-corrected chi connectivity index (χ4v) is 2.87. The van der Waals surface area contributed by atoms with Crippen LogP contribution in [0.3, 0.4) is 0 Å². The smallest absolute Gasteiger partial charge is 0.251 e. The van der Waals surface area contributed by atoms with Gasteiger partial charge in [0.2, 0.25) is 5.91 Å². The Kier molecular flexibility index (Phi) is 9.05. The maximum Gasteiger partial charge on any atom is 0.251 e. The van der Waals surface area contributed by atoms with Crippen LogP contribution in [-0.4, -0.2) is 37.7 Å². The highest BCUT2D eigenvalue weighted by Crippen LogP contribution is 2.23. The van der Waals surface area contributed by atoms with Crippen LogP contribution in [0.1, 0.15) is 42.1 Å². The Morgan fingerprint density at radius 3 is 2.39 bits per heavy atom. The van der Waals surface area contributed by atoms with Gasteiger partial charge in [0, 0.05) is 37.7 Å². The summed E-state index contributed by atoms with van der Waals surface area (Å²) in [5.74, 6) is -0.474. The standard InChI is InChI=1S/C23H27N5O3/c1-3-4-19(29)11-12-26-23(31)17-7-10-20(25-2)21(13-17)28-22(30)15-27-18-8-5-16(14-24)6-9-18/h5-10,13,25,27H,3-4,11-12,15H2,1-2H3,(H,26,31)(H,28,30). The van der Waals surface area contributed by atoms with Crippen LogP contribution < -0.4 is 21.3 Å². The van der Waals surface area contributed by atoms with Gasteiger partial charge >= 0.3 is 0 Å². The first kappa shape index (κ1) is 23.4. The largest absolute Gasteiger partial charge is 0.386 e. The van der Waals surface area contributed by atoms with Gasteiger partial charge in [-0.15, -0.1) is 0 Å². The number of rotatable bonds is 11. The van der Waals surface area contributed by atoms with E-state index in [-0.39, 0.29) is 30.7 Å². The number of Topliss-reactive ketones (excluding diaryl/α,β-unsaturated/α-hetero) is 1. The van der Waals surface area contributed by atoms with E-state index in [1.165, 1.54) is 0 Å². The number of nitrogens with one attached hydrogen (secondary N) is 4. The molecule has 162 valence electrons. The lowest BCUT2D eigenvalue weighted by molar-refractivity contribution is -0.119. The molecule has 0 aliphatic carbocycles. The molecule has 0 heterocycles. The molecule has 0 aliphatic heterocycles. The number of ketones is 1. The molecule has 0 aromatic heterocycles. The summed E-state index contributed by atoms with van der Waals surface area (Å²) in [5.41, 5.74) is 2.79. The summed E-state index contributed by atoms with van der Waals surface area (Å²) in [6.45, 7) is 2.24. The summed E-state index contributed by atoms with van der Waals surface area (Å²) < 4.78 is 0. The summed E-state index contributed by atoms with van der Waals surface area (Å²) in [6.07, 6.45) is 1.61.